The van der Waals surface area contributed by atoms with Crippen LogP contribution in [0.25, 0.3) is 0 Å². The molecule has 5 rings (SSSR count). The smallest absolute Gasteiger partial charge is 0.230 e. The molecule has 5 nitrogen and oxygen atoms in total. The average Bonchev–Trinajstić information content (AvgIpc) is 3.32. The van der Waals surface area contributed by atoms with Gasteiger partial charge in [0.25, 0.3) is 0 Å². The summed E-state index contributed by atoms with van der Waals surface area (Å²) in [4.78, 5) is 17.8. The van der Waals surface area contributed by atoms with Crippen LogP contribution in [0.1, 0.15) is 42.7 Å². The standard InChI is InChI=1S/C25H30N2O3/c1-30-23-13-7-4-10-18(23)14-26-21-15-27(25(29)17-8-2-3-9-17)20-12-6-5-11-19(20)24(21)22(26)16-28/h4-7,10-13,17,21-22,24,28H,2-3,8-9,14-16H2,1H3/t21-,22+,24+/m0/s1. The maximum Gasteiger partial charge on any atom is 0.230 e. The van der Waals surface area contributed by atoms with Gasteiger partial charge in [-0.05, 0) is 30.5 Å². The minimum absolute atomic E-state index is 0.0600. The third-order valence-electron chi connectivity index (χ3n) is 7.34. The summed E-state index contributed by atoms with van der Waals surface area (Å²) in [5.41, 5.74) is 3.37. The lowest BCUT2D eigenvalue weighted by Gasteiger charge is -2.59. The lowest BCUT2D eigenvalue weighted by Crippen LogP contribution is -2.69. The van der Waals surface area contributed by atoms with E-state index in [-0.39, 0.29) is 36.4 Å². The molecule has 2 fully saturated rings. The molecule has 5 heteroatoms. The van der Waals surface area contributed by atoms with Crippen LogP contribution < -0.4 is 9.64 Å². The average molecular weight is 407 g/mol. The Bertz CT molecular complexity index is 924. The fourth-order valence-electron chi connectivity index (χ4n) is 5.83. The number of amides is 1. The van der Waals surface area contributed by atoms with Crippen molar-refractivity contribution in [1.82, 2.24) is 4.90 Å². The highest BCUT2D eigenvalue weighted by molar-refractivity contribution is 5.97. The summed E-state index contributed by atoms with van der Waals surface area (Å²) in [6.07, 6.45) is 4.33. The molecular formula is C25H30N2O3. The topological polar surface area (TPSA) is 53.0 Å². The second-order valence-corrected chi connectivity index (χ2v) is 8.82. The fourth-order valence-corrected chi connectivity index (χ4v) is 5.83. The largest absolute Gasteiger partial charge is 0.496 e. The van der Waals surface area contributed by atoms with Crippen molar-refractivity contribution in [2.24, 2.45) is 5.92 Å². The molecule has 1 saturated heterocycles. The van der Waals surface area contributed by atoms with Crippen molar-refractivity contribution >= 4 is 11.6 Å². The van der Waals surface area contributed by atoms with Gasteiger partial charge in [-0.3, -0.25) is 9.69 Å². The van der Waals surface area contributed by atoms with E-state index >= 15 is 0 Å². The molecule has 2 heterocycles. The van der Waals surface area contributed by atoms with Crippen molar-refractivity contribution in [3.05, 3.63) is 59.7 Å². The highest BCUT2D eigenvalue weighted by atomic mass is 16.5. The van der Waals surface area contributed by atoms with E-state index in [0.717, 1.165) is 42.7 Å². The Morgan fingerprint density at radius 1 is 1.10 bits per heavy atom. The second-order valence-electron chi connectivity index (χ2n) is 8.82. The Morgan fingerprint density at radius 3 is 2.60 bits per heavy atom. The molecule has 0 unspecified atom stereocenters. The van der Waals surface area contributed by atoms with Gasteiger partial charge in [-0.1, -0.05) is 49.2 Å². The Balaban J connectivity index is 1.46. The van der Waals surface area contributed by atoms with E-state index < -0.39 is 0 Å². The molecule has 2 aliphatic heterocycles. The Morgan fingerprint density at radius 2 is 1.83 bits per heavy atom. The van der Waals surface area contributed by atoms with E-state index in [2.05, 4.69) is 29.2 Å². The molecule has 3 atom stereocenters. The summed E-state index contributed by atoms with van der Waals surface area (Å²) in [6, 6.07) is 16.6. The Hall–Kier alpha value is -2.37. The van der Waals surface area contributed by atoms with Crippen molar-refractivity contribution in [2.75, 3.05) is 25.2 Å². The predicted molar refractivity (Wildman–Crippen MR) is 117 cm³/mol. The van der Waals surface area contributed by atoms with E-state index in [9.17, 15) is 9.90 Å². The van der Waals surface area contributed by atoms with Crippen molar-refractivity contribution in [3.8, 4) is 5.75 Å². The summed E-state index contributed by atoms with van der Waals surface area (Å²) >= 11 is 0. The van der Waals surface area contributed by atoms with Crippen LogP contribution in [-0.4, -0.2) is 48.3 Å². The van der Waals surface area contributed by atoms with Crippen LogP contribution in [0.2, 0.25) is 0 Å². The molecule has 1 N–H and O–H groups in total. The van der Waals surface area contributed by atoms with Crippen LogP contribution in [-0.2, 0) is 11.3 Å². The zero-order valence-electron chi connectivity index (χ0n) is 17.5. The van der Waals surface area contributed by atoms with E-state index in [1.807, 2.05) is 29.2 Å². The number of hydrogen-bond acceptors (Lipinski definition) is 4. The third kappa shape index (κ3) is 3.12. The van der Waals surface area contributed by atoms with Gasteiger partial charge in [-0.15, -0.1) is 0 Å². The maximum absolute atomic E-state index is 13.4. The first-order valence-corrected chi connectivity index (χ1v) is 11.1. The van der Waals surface area contributed by atoms with Gasteiger partial charge in [0.2, 0.25) is 5.91 Å². The van der Waals surface area contributed by atoms with Crippen LogP contribution >= 0.6 is 0 Å². The molecule has 0 radical (unpaired) electrons. The van der Waals surface area contributed by atoms with Gasteiger partial charge in [0, 0.05) is 48.3 Å². The van der Waals surface area contributed by atoms with Crippen LogP contribution in [0.5, 0.6) is 5.75 Å². The highest BCUT2D eigenvalue weighted by Crippen LogP contribution is 2.49. The molecule has 1 amide bonds. The van der Waals surface area contributed by atoms with Gasteiger partial charge in [0.05, 0.1) is 13.7 Å². The molecule has 2 aromatic rings. The van der Waals surface area contributed by atoms with Crippen molar-refractivity contribution in [2.45, 2.75) is 50.2 Å². The van der Waals surface area contributed by atoms with Crippen LogP contribution in [0.15, 0.2) is 48.5 Å². The van der Waals surface area contributed by atoms with Gasteiger partial charge in [0.1, 0.15) is 5.75 Å². The number of ether oxygens (including phenoxy) is 1. The molecule has 1 aliphatic carbocycles. The minimum Gasteiger partial charge on any atom is -0.496 e. The molecule has 1 saturated carbocycles. The zero-order chi connectivity index (χ0) is 20.7. The molecule has 0 spiro atoms. The quantitative estimate of drug-likeness (QED) is 0.825. The fraction of sp³-hybridized carbons (Fsp3) is 0.480. The summed E-state index contributed by atoms with van der Waals surface area (Å²) < 4.78 is 5.55. The number of fused-ring (bicyclic) bond motifs is 3. The Labute approximate surface area is 178 Å². The molecule has 0 bridgehead atoms. The van der Waals surface area contributed by atoms with Gasteiger partial charge in [-0.2, -0.15) is 0 Å². The molecule has 0 aromatic heterocycles. The van der Waals surface area contributed by atoms with E-state index in [1.165, 1.54) is 5.56 Å². The van der Waals surface area contributed by atoms with Gasteiger partial charge < -0.3 is 14.7 Å². The number of likely N-dealkylation sites (tertiary alicyclic amines) is 1. The normalized spacial score (nSPS) is 26.1. The predicted octanol–water partition coefficient (Wildman–Crippen LogP) is 3.56. The minimum atomic E-state index is 0.0600. The highest BCUT2D eigenvalue weighted by Gasteiger charge is 2.53. The van der Waals surface area contributed by atoms with Crippen LogP contribution in [0, 0.1) is 5.92 Å². The summed E-state index contributed by atoms with van der Waals surface area (Å²) in [7, 11) is 1.69. The first kappa shape index (κ1) is 19.6. The number of hydrogen-bond donors (Lipinski definition) is 1. The monoisotopic (exact) mass is 406 g/mol. The number of carbonyl (C=O) groups excluding carboxylic acids is 1. The second kappa shape index (κ2) is 8.05. The summed E-state index contributed by atoms with van der Waals surface area (Å²) in [5.74, 6) is 1.57. The molecule has 158 valence electrons. The molecule has 30 heavy (non-hydrogen) atoms. The maximum atomic E-state index is 13.4. The number of anilines is 1. The number of para-hydroxylation sites is 2. The number of benzene rings is 2. The van der Waals surface area contributed by atoms with E-state index in [0.29, 0.717) is 13.1 Å². The number of rotatable bonds is 5. The Kier molecular flexibility index (Phi) is 5.25. The number of aliphatic hydroxyl groups excluding tert-OH is 1. The van der Waals surface area contributed by atoms with Gasteiger partial charge in [0.15, 0.2) is 0 Å². The summed E-state index contributed by atoms with van der Waals surface area (Å²) in [6.45, 7) is 1.52. The molecule has 3 aliphatic rings. The molecule has 2 aromatic carbocycles. The number of nitrogens with zero attached hydrogens (tertiary/aromatic N) is 2. The lowest BCUT2D eigenvalue weighted by molar-refractivity contribution is -0.123. The summed E-state index contributed by atoms with van der Waals surface area (Å²) in [5, 5.41) is 10.2. The third-order valence-corrected chi connectivity index (χ3v) is 7.34. The van der Waals surface area contributed by atoms with Crippen molar-refractivity contribution < 1.29 is 14.6 Å². The number of aliphatic hydroxyl groups is 1. The first-order valence-electron chi connectivity index (χ1n) is 11.1. The molecular weight excluding hydrogens is 376 g/mol. The van der Waals surface area contributed by atoms with Crippen LogP contribution in [0.3, 0.4) is 0 Å². The first-order chi connectivity index (χ1) is 14.7. The van der Waals surface area contributed by atoms with Crippen molar-refractivity contribution in [3.63, 3.8) is 0 Å². The SMILES string of the molecule is COc1ccccc1CN1[C@H](CO)[C@@H]2c3ccccc3N(C(=O)C3CCCC3)C[C@@H]21. The van der Waals surface area contributed by atoms with Crippen molar-refractivity contribution in [1.29, 1.82) is 0 Å². The van der Waals surface area contributed by atoms with E-state index in [1.54, 1.807) is 7.11 Å². The zero-order valence-corrected chi connectivity index (χ0v) is 17.5. The van der Waals surface area contributed by atoms with E-state index in [4.69, 9.17) is 4.74 Å². The van der Waals surface area contributed by atoms with Gasteiger partial charge in [-0.25, -0.2) is 0 Å². The lowest BCUT2D eigenvalue weighted by atomic mass is 9.71. The number of methoxy groups -OCH3 is 1. The number of carbonyl (C=O) groups is 1. The van der Waals surface area contributed by atoms with Gasteiger partial charge >= 0.3 is 0 Å². The van der Waals surface area contributed by atoms with Crippen LogP contribution in [0.4, 0.5) is 5.69 Å².